The number of pyridine rings is 2. The second kappa shape index (κ2) is 9.29. The minimum absolute atomic E-state index is 0.596. The van der Waals surface area contributed by atoms with Crippen LogP contribution in [0.25, 0.3) is 66.0 Å². The summed E-state index contributed by atoms with van der Waals surface area (Å²) >= 11 is 0. The van der Waals surface area contributed by atoms with E-state index in [0.29, 0.717) is 11.4 Å². The number of benzene rings is 5. The predicted molar refractivity (Wildman–Crippen MR) is 174 cm³/mol. The normalized spacial score (nSPS) is 11.7. The maximum absolute atomic E-state index is 6.20. The molecule has 0 N–H and O–H groups in total. The Morgan fingerprint density at radius 2 is 1.19 bits per heavy atom. The molecule has 0 aliphatic carbocycles. The highest BCUT2D eigenvalue weighted by atomic mass is 16.3. The highest BCUT2D eigenvalue weighted by Gasteiger charge is 2.19. The second-order valence-electron chi connectivity index (χ2n) is 10.7. The Labute approximate surface area is 246 Å². The van der Waals surface area contributed by atoms with Crippen LogP contribution in [0.3, 0.4) is 0 Å². The molecule has 0 fully saturated rings. The van der Waals surface area contributed by atoms with Gasteiger partial charge >= 0.3 is 0 Å². The zero-order valence-corrected chi connectivity index (χ0v) is 22.9. The van der Waals surface area contributed by atoms with Gasteiger partial charge in [0.25, 0.3) is 0 Å². The van der Waals surface area contributed by atoms with Gasteiger partial charge in [-0.05, 0) is 70.4 Å². The number of rotatable bonds is 4. The van der Waals surface area contributed by atoms with E-state index in [1.165, 1.54) is 16.5 Å². The molecule has 0 unspecified atom stereocenters. The topological polar surface area (TPSA) is 55.3 Å². The molecule has 0 amide bonds. The molecule has 0 spiro atoms. The summed E-state index contributed by atoms with van der Waals surface area (Å²) < 4.78 is 12.2. The molecule has 0 atom stereocenters. The lowest BCUT2D eigenvalue weighted by Crippen LogP contribution is -2.11. The lowest BCUT2D eigenvalue weighted by atomic mass is 10.0. The third-order valence-corrected chi connectivity index (χ3v) is 8.13. The molecule has 0 saturated heterocycles. The minimum atomic E-state index is 0.596. The molecule has 202 valence electrons. The van der Waals surface area contributed by atoms with Crippen LogP contribution in [0.2, 0.25) is 0 Å². The molecule has 5 aromatic carbocycles. The van der Waals surface area contributed by atoms with Gasteiger partial charge in [0, 0.05) is 21.8 Å². The third-order valence-electron chi connectivity index (χ3n) is 8.13. The van der Waals surface area contributed by atoms with Crippen LogP contribution >= 0.6 is 0 Å². The van der Waals surface area contributed by atoms with E-state index < -0.39 is 0 Å². The van der Waals surface area contributed by atoms with Crippen molar-refractivity contribution in [2.24, 2.45) is 0 Å². The van der Waals surface area contributed by atoms with Gasteiger partial charge < -0.3 is 8.83 Å². The smallest absolute Gasteiger partial charge is 0.229 e. The van der Waals surface area contributed by atoms with E-state index in [0.717, 1.165) is 55.3 Å². The number of hydrogen-bond donors (Lipinski definition) is 0. The van der Waals surface area contributed by atoms with Crippen LogP contribution in [-0.2, 0) is 0 Å². The number of hydrogen-bond acceptors (Lipinski definition) is 5. The molecule has 4 aromatic heterocycles. The molecule has 0 saturated carbocycles. The predicted octanol–water partition coefficient (Wildman–Crippen LogP) is 10.6. The van der Waals surface area contributed by atoms with Gasteiger partial charge in [-0.1, -0.05) is 84.9 Å². The van der Waals surface area contributed by atoms with Gasteiger partial charge in [0.2, 0.25) is 11.4 Å². The van der Waals surface area contributed by atoms with Crippen molar-refractivity contribution in [2.75, 3.05) is 4.90 Å². The number of anilines is 3. The van der Waals surface area contributed by atoms with E-state index in [1.54, 1.807) is 0 Å². The quantitative estimate of drug-likeness (QED) is 0.217. The van der Waals surface area contributed by atoms with Gasteiger partial charge in [-0.3, -0.25) is 4.90 Å². The average molecular weight is 554 g/mol. The summed E-state index contributed by atoms with van der Waals surface area (Å²) in [6.07, 6.45) is 1.85. The second-order valence-corrected chi connectivity index (χ2v) is 10.7. The molecule has 4 heterocycles. The summed E-state index contributed by atoms with van der Waals surface area (Å²) in [5.74, 6) is 0.735. The standard InChI is InChI=1S/C38H23N3O2/c1-2-8-24(9-3-1)26-15-14-25-16-17-28(21-27(25)20-26)41(29-22-33-31-11-5-7-13-35(31)42-37(33)39-23-29)36-19-18-32-30-10-4-6-12-34(30)43-38(32)40-36/h1-23H. The average Bonchev–Trinajstić information content (AvgIpc) is 3.63. The van der Waals surface area contributed by atoms with Crippen LogP contribution in [0.5, 0.6) is 0 Å². The van der Waals surface area contributed by atoms with E-state index in [-0.39, 0.29) is 0 Å². The van der Waals surface area contributed by atoms with E-state index in [9.17, 15) is 0 Å². The van der Waals surface area contributed by atoms with Crippen LogP contribution in [-0.4, -0.2) is 9.97 Å². The van der Waals surface area contributed by atoms with Crippen molar-refractivity contribution in [2.45, 2.75) is 0 Å². The Morgan fingerprint density at radius 1 is 0.465 bits per heavy atom. The van der Waals surface area contributed by atoms with Gasteiger partial charge in [-0.15, -0.1) is 0 Å². The zero-order valence-electron chi connectivity index (χ0n) is 22.9. The fourth-order valence-corrected chi connectivity index (χ4v) is 6.04. The number of nitrogens with zero attached hydrogens (tertiary/aromatic N) is 3. The van der Waals surface area contributed by atoms with Crippen LogP contribution in [0.15, 0.2) is 148 Å². The number of aromatic nitrogens is 2. The lowest BCUT2D eigenvalue weighted by molar-refractivity contribution is 0.653. The summed E-state index contributed by atoms with van der Waals surface area (Å²) in [6.45, 7) is 0. The molecule has 0 radical (unpaired) electrons. The Balaban J connectivity index is 1.26. The van der Waals surface area contributed by atoms with Crippen LogP contribution in [0.1, 0.15) is 0 Å². The molecule has 0 aliphatic rings. The maximum atomic E-state index is 6.20. The fraction of sp³-hybridized carbons (Fsp3) is 0. The van der Waals surface area contributed by atoms with Crippen LogP contribution < -0.4 is 4.90 Å². The van der Waals surface area contributed by atoms with Crippen molar-refractivity contribution in [1.82, 2.24) is 9.97 Å². The summed E-state index contributed by atoms with van der Waals surface area (Å²) in [6, 6.07) is 45.9. The first-order chi connectivity index (χ1) is 21.3. The van der Waals surface area contributed by atoms with E-state index in [4.69, 9.17) is 18.8 Å². The number of para-hydroxylation sites is 2. The van der Waals surface area contributed by atoms with Gasteiger partial charge in [0.15, 0.2) is 0 Å². The summed E-state index contributed by atoms with van der Waals surface area (Å²) in [7, 11) is 0. The number of fused-ring (bicyclic) bond motifs is 7. The van der Waals surface area contributed by atoms with Gasteiger partial charge in [-0.25, -0.2) is 4.98 Å². The minimum Gasteiger partial charge on any atom is -0.438 e. The first-order valence-corrected chi connectivity index (χ1v) is 14.2. The van der Waals surface area contributed by atoms with E-state index in [2.05, 4.69) is 89.8 Å². The summed E-state index contributed by atoms with van der Waals surface area (Å²) in [4.78, 5) is 11.9. The summed E-state index contributed by atoms with van der Waals surface area (Å²) in [5.41, 5.74) is 7.04. The number of furan rings is 2. The van der Waals surface area contributed by atoms with E-state index in [1.807, 2.05) is 54.7 Å². The molecule has 5 nitrogen and oxygen atoms in total. The first-order valence-electron chi connectivity index (χ1n) is 14.2. The Kier molecular flexibility index (Phi) is 5.13. The molecule has 0 bridgehead atoms. The van der Waals surface area contributed by atoms with Gasteiger partial charge in [0.05, 0.1) is 17.3 Å². The largest absolute Gasteiger partial charge is 0.438 e. The Morgan fingerprint density at radius 3 is 2.02 bits per heavy atom. The lowest BCUT2D eigenvalue weighted by Gasteiger charge is -2.24. The molecule has 0 aliphatic heterocycles. The monoisotopic (exact) mass is 553 g/mol. The van der Waals surface area contributed by atoms with Crippen LogP contribution in [0, 0.1) is 0 Å². The van der Waals surface area contributed by atoms with Gasteiger partial charge in [0.1, 0.15) is 17.0 Å². The van der Waals surface area contributed by atoms with Crippen LogP contribution in [0.4, 0.5) is 17.2 Å². The molecule has 5 heteroatoms. The Hall–Kier alpha value is -5.94. The fourth-order valence-electron chi connectivity index (χ4n) is 6.04. The maximum Gasteiger partial charge on any atom is 0.229 e. The van der Waals surface area contributed by atoms with Crippen molar-refractivity contribution < 1.29 is 8.83 Å². The van der Waals surface area contributed by atoms with Crippen molar-refractivity contribution in [3.8, 4) is 11.1 Å². The highest BCUT2D eigenvalue weighted by molar-refractivity contribution is 6.06. The molecule has 43 heavy (non-hydrogen) atoms. The Bertz CT molecular complexity index is 2480. The van der Waals surface area contributed by atoms with Crippen molar-refractivity contribution >= 4 is 72.1 Å². The third kappa shape index (κ3) is 3.86. The SMILES string of the molecule is c1ccc(-c2ccc3ccc(N(c4cnc5oc6ccccc6c5c4)c4ccc5c(n4)oc4ccccc45)cc3c2)cc1. The van der Waals surface area contributed by atoms with Crippen molar-refractivity contribution in [3.63, 3.8) is 0 Å². The van der Waals surface area contributed by atoms with Crippen molar-refractivity contribution in [1.29, 1.82) is 0 Å². The van der Waals surface area contributed by atoms with Crippen molar-refractivity contribution in [3.05, 3.63) is 140 Å². The summed E-state index contributed by atoms with van der Waals surface area (Å²) in [5, 5.41) is 6.32. The highest BCUT2D eigenvalue weighted by Crippen LogP contribution is 2.40. The first kappa shape index (κ1) is 23.7. The molecule has 9 rings (SSSR count). The molecule has 9 aromatic rings. The molecular weight excluding hydrogens is 530 g/mol. The van der Waals surface area contributed by atoms with E-state index >= 15 is 0 Å². The zero-order chi connectivity index (χ0) is 28.3. The van der Waals surface area contributed by atoms with Gasteiger partial charge in [-0.2, -0.15) is 4.98 Å². The molecular formula is C38H23N3O2.